The summed E-state index contributed by atoms with van der Waals surface area (Å²) in [6, 6.07) is 6.39. The lowest BCUT2D eigenvalue weighted by molar-refractivity contribution is 0.105. The predicted molar refractivity (Wildman–Crippen MR) is 81.6 cm³/mol. The largest absolute Gasteiger partial charge is 0.380 e. The van der Waals surface area contributed by atoms with Gasteiger partial charge in [0.15, 0.2) is 0 Å². The molecule has 0 radical (unpaired) electrons. The number of hydrogen-bond acceptors (Lipinski definition) is 3. The zero-order valence-electron chi connectivity index (χ0n) is 10.8. The quantitative estimate of drug-likeness (QED) is 0.896. The Hall–Kier alpha value is -0.710. The van der Waals surface area contributed by atoms with Crippen LogP contribution in [0.5, 0.6) is 0 Å². The van der Waals surface area contributed by atoms with Crippen molar-refractivity contribution in [1.29, 1.82) is 0 Å². The molecule has 0 spiro atoms. The Kier molecular flexibility index (Phi) is 3.50. The summed E-state index contributed by atoms with van der Waals surface area (Å²) in [7, 11) is 0. The SMILES string of the molecule is CC(O)(c1ccc2c(c1)CCCC2)c1scnc1Br. The predicted octanol–water partition coefficient (Wildman–Crippen LogP) is 4.04. The Balaban J connectivity index is 2.04. The lowest BCUT2D eigenvalue weighted by Crippen LogP contribution is -2.22. The number of rotatable bonds is 2. The first-order valence-corrected chi connectivity index (χ1v) is 8.20. The molecule has 0 aliphatic heterocycles. The van der Waals surface area contributed by atoms with Crippen LogP contribution in [0.1, 0.15) is 41.3 Å². The second-order valence-corrected chi connectivity index (χ2v) is 6.84. The highest BCUT2D eigenvalue weighted by Gasteiger charge is 2.30. The van der Waals surface area contributed by atoms with E-state index >= 15 is 0 Å². The molecule has 1 aliphatic carbocycles. The van der Waals surface area contributed by atoms with Gasteiger partial charge in [-0.15, -0.1) is 11.3 Å². The van der Waals surface area contributed by atoms with E-state index in [2.05, 4.69) is 39.1 Å². The highest BCUT2D eigenvalue weighted by Crippen LogP contribution is 2.37. The molecule has 100 valence electrons. The van der Waals surface area contributed by atoms with E-state index in [1.807, 2.05) is 6.92 Å². The van der Waals surface area contributed by atoms with Crippen LogP contribution in [0.15, 0.2) is 28.3 Å². The lowest BCUT2D eigenvalue weighted by atomic mass is 9.86. The Morgan fingerprint density at radius 3 is 2.68 bits per heavy atom. The van der Waals surface area contributed by atoms with Crippen molar-refractivity contribution in [3.63, 3.8) is 0 Å². The average Bonchev–Trinajstić information content (AvgIpc) is 2.85. The summed E-state index contributed by atoms with van der Waals surface area (Å²) in [5, 5.41) is 10.9. The lowest BCUT2D eigenvalue weighted by Gasteiger charge is -2.25. The Morgan fingerprint density at radius 2 is 2.00 bits per heavy atom. The van der Waals surface area contributed by atoms with Gasteiger partial charge in [0.1, 0.15) is 10.2 Å². The van der Waals surface area contributed by atoms with Gasteiger partial charge in [-0.3, -0.25) is 0 Å². The third kappa shape index (κ3) is 2.37. The van der Waals surface area contributed by atoms with E-state index in [1.165, 1.54) is 41.7 Å². The molecule has 0 saturated heterocycles. The van der Waals surface area contributed by atoms with Gasteiger partial charge < -0.3 is 5.11 Å². The Bertz CT molecular complexity index is 606. The van der Waals surface area contributed by atoms with E-state index in [0.717, 1.165) is 21.5 Å². The number of halogens is 1. The fourth-order valence-electron chi connectivity index (χ4n) is 2.72. The second kappa shape index (κ2) is 5.00. The summed E-state index contributed by atoms with van der Waals surface area (Å²) in [6.07, 6.45) is 4.83. The summed E-state index contributed by atoms with van der Waals surface area (Å²) < 4.78 is 0.736. The van der Waals surface area contributed by atoms with Gasteiger partial charge in [-0.1, -0.05) is 18.2 Å². The molecule has 4 heteroatoms. The van der Waals surface area contributed by atoms with Crippen LogP contribution >= 0.6 is 27.3 Å². The summed E-state index contributed by atoms with van der Waals surface area (Å²) in [5.41, 5.74) is 4.57. The van der Waals surface area contributed by atoms with Crippen LogP contribution in [0.2, 0.25) is 0 Å². The first-order chi connectivity index (χ1) is 9.09. The van der Waals surface area contributed by atoms with Gasteiger partial charge >= 0.3 is 0 Å². The van der Waals surface area contributed by atoms with Crippen molar-refractivity contribution in [1.82, 2.24) is 4.98 Å². The number of benzene rings is 1. The van der Waals surface area contributed by atoms with E-state index in [9.17, 15) is 5.11 Å². The zero-order valence-corrected chi connectivity index (χ0v) is 13.2. The van der Waals surface area contributed by atoms with Gasteiger partial charge in [-0.2, -0.15) is 0 Å². The van der Waals surface area contributed by atoms with Gasteiger partial charge in [0.25, 0.3) is 0 Å². The molecule has 1 aromatic heterocycles. The molecule has 2 nitrogen and oxygen atoms in total. The van der Waals surface area contributed by atoms with Gasteiger partial charge in [0.2, 0.25) is 0 Å². The van der Waals surface area contributed by atoms with Crippen molar-refractivity contribution in [3.8, 4) is 0 Å². The van der Waals surface area contributed by atoms with E-state index in [0.29, 0.717) is 0 Å². The minimum atomic E-state index is -0.980. The summed E-state index contributed by atoms with van der Waals surface area (Å²) in [4.78, 5) is 5.04. The van der Waals surface area contributed by atoms with Crippen LogP contribution in [0.4, 0.5) is 0 Å². The highest BCUT2D eigenvalue weighted by atomic mass is 79.9. The molecule has 1 aromatic carbocycles. The van der Waals surface area contributed by atoms with Crippen molar-refractivity contribution in [2.75, 3.05) is 0 Å². The molecule has 0 fully saturated rings. The summed E-state index contributed by atoms with van der Waals surface area (Å²) in [5.74, 6) is 0. The number of hydrogen-bond donors (Lipinski definition) is 1. The maximum Gasteiger partial charge on any atom is 0.124 e. The van der Waals surface area contributed by atoms with E-state index in [1.54, 1.807) is 5.51 Å². The van der Waals surface area contributed by atoms with E-state index in [-0.39, 0.29) is 0 Å². The number of thiazole rings is 1. The van der Waals surface area contributed by atoms with E-state index in [4.69, 9.17) is 0 Å². The molecule has 0 bridgehead atoms. The standard InChI is InChI=1S/C15H16BrNOS/c1-15(18,13-14(16)17-9-19-13)12-7-6-10-4-2-3-5-11(10)8-12/h6-9,18H,2-5H2,1H3. The number of aryl methyl sites for hydroxylation is 2. The monoisotopic (exact) mass is 337 g/mol. The van der Waals surface area contributed by atoms with Crippen LogP contribution in [0.25, 0.3) is 0 Å². The molecule has 1 atom stereocenters. The summed E-state index contributed by atoms with van der Waals surface area (Å²) >= 11 is 4.89. The summed E-state index contributed by atoms with van der Waals surface area (Å²) in [6.45, 7) is 1.84. The van der Waals surface area contributed by atoms with Gasteiger partial charge in [0, 0.05) is 0 Å². The third-order valence-corrected chi connectivity index (χ3v) is 5.78. The average molecular weight is 338 g/mol. The first-order valence-electron chi connectivity index (χ1n) is 6.53. The normalized spacial score (nSPS) is 17.8. The van der Waals surface area contributed by atoms with Crippen molar-refractivity contribution in [3.05, 3.63) is 49.9 Å². The maximum absolute atomic E-state index is 10.9. The van der Waals surface area contributed by atoms with Crippen LogP contribution in [0, 0.1) is 0 Å². The molecule has 3 rings (SSSR count). The van der Waals surface area contributed by atoms with E-state index < -0.39 is 5.60 Å². The molecule has 1 aliphatic rings. The minimum Gasteiger partial charge on any atom is -0.380 e. The number of aliphatic hydroxyl groups is 1. The highest BCUT2D eigenvalue weighted by molar-refractivity contribution is 9.10. The van der Waals surface area contributed by atoms with Crippen molar-refractivity contribution < 1.29 is 5.11 Å². The Labute approximate surface area is 125 Å². The van der Waals surface area contributed by atoms with Gasteiger partial charge in [0.05, 0.1) is 10.4 Å². The minimum absolute atomic E-state index is 0.736. The molecule has 2 aromatic rings. The topological polar surface area (TPSA) is 33.1 Å². The molecule has 1 heterocycles. The van der Waals surface area contributed by atoms with Gasteiger partial charge in [-0.05, 0) is 65.2 Å². The third-order valence-electron chi connectivity index (χ3n) is 3.88. The Morgan fingerprint density at radius 1 is 1.26 bits per heavy atom. The molecular formula is C15H16BrNOS. The smallest absolute Gasteiger partial charge is 0.124 e. The van der Waals surface area contributed by atoms with Crippen LogP contribution in [0.3, 0.4) is 0 Å². The fraction of sp³-hybridized carbons (Fsp3) is 0.400. The number of fused-ring (bicyclic) bond motifs is 1. The first kappa shape index (κ1) is 13.3. The maximum atomic E-state index is 10.9. The zero-order chi connectivity index (χ0) is 13.5. The van der Waals surface area contributed by atoms with Gasteiger partial charge in [-0.25, -0.2) is 4.98 Å². The van der Waals surface area contributed by atoms with Crippen LogP contribution in [-0.4, -0.2) is 10.1 Å². The number of aromatic nitrogens is 1. The molecule has 0 amide bonds. The van der Waals surface area contributed by atoms with Crippen molar-refractivity contribution >= 4 is 27.3 Å². The number of nitrogens with zero attached hydrogens (tertiary/aromatic N) is 1. The molecular weight excluding hydrogens is 322 g/mol. The fourth-order valence-corrected chi connectivity index (χ4v) is 4.38. The van der Waals surface area contributed by atoms with Crippen LogP contribution in [-0.2, 0) is 18.4 Å². The van der Waals surface area contributed by atoms with Crippen LogP contribution < -0.4 is 0 Å². The van der Waals surface area contributed by atoms with Crippen molar-refractivity contribution in [2.24, 2.45) is 0 Å². The molecule has 19 heavy (non-hydrogen) atoms. The molecule has 0 saturated carbocycles. The second-order valence-electron chi connectivity index (χ2n) is 5.24. The van der Waals surface area contributed by atoms with Crippen molar-refractivity contribution in [2.45, 2.75) is 38.2 Å². The molecule has 1 N–H and O–H groups in total. The molecule has 1 unspecified atom stereocenters.